The van der Waals surface area contributed by atoms with Crippen molar-refractivity contribution in [3.8, 4) is 0 Å². The minimum atomic E-state index is 0. The van der Waals surface area contributed by atoms with Gasteiger partial charge in [-0.3, -0.25) is 0 Å². The summed E-state index contributed by atoms with van der Waals surface area (Å²) in [6, 6.07) is 7.85. The van der Waals surface area contributed by atoms with E-state index < -0.39 is 0 Å². The largest absolute Gasteiger partial charge is 0.445 e. The van der Waals surface area contributed by atoms with Gasteiger partial charge in [0.25, 0.3) is 0 Å². The summed E-state index contributed by atoms with van der Waals surface area (Å²) >= 11 is 6.16. The Balaban J connectivity index is 0.00000110. The average Bonchev–Trinajstić information content (AvgIpc) is 2.91. The normalized spacial score (nSPS) is 17.7. The summed E-state index contributed by atoms with van der Waals surface area (Å²) in [5, 5.41) is 4.16. The van der Waals surface area contributed by atoms with Crippen molar-refractivity contribution < 1.29 is 4.42 Å². The van der Waals surface area contributed by atoms with Crippen molar-refractivity contribution in [2.45, 2.75) is 25.2 Å². The van der Waals surface area contributed by atoms with Crippen LogP contribution in [0.1, 0.15) is 36.0 Å². The zero-order valence-corrected chi connectivity index (χ0v) is 13.9. The van der Waals surface area contributed by atoms with E-state index in [4.69, 9.17) is 16.0 Å². The first-order valence-electron chi connectivity index (χ1n) is 6.71. The Kier molecular flexibility index (Phi) is 7.53. The zero-order valence-electron chi connectivity index (χ0n) is 11.5. The van der Waals surface area contributed by atoms with E-state index in [1.807, 2.05) is 30.5 Å². The quantitative estimate of drug-likeness (QED) is 0.901. The van der Waals surface area contributed by atoms with Gasteiger partial charge in [-0.15, -0.1) is 24.8 Å². The van der Waals surface area contributed by atoms with Crippen molar-refractivity contribution in [3.05, 3.63) is 52.7 Å². The Hall–Kier alpha value is -0.740. The van der Waals surface area contributed by atoms with Crippen LogP contribution in [-0.2, 0) is 6.42 Å². The third-order valence-electron chi connectivity index (χ3n) is 3.54. The van der Waals surface area contributed by atoms with Crippen LogP contribution in [0.2, 0.25) is 5.02 Å². The molecule has 0 saturated carbocycles. The van der Waals surface area contributed by atoms with Crippen LogP contribution in [0.4, 0.5) is 0 Å². The molecular formula is C15H19Cl3N2O. The Morgan fingerprint density at radius 2 is 2.10 bits per heavy atom. The van der Waals surface area contributed by atoms with Crippen molar-refractivity contribution >= 4 is 36.4 Å². The molecule has 3 nitrogen and oxygen atoms in total. The number of nitrogens with one attached hydrogen (secondary N) is 1. The predicted octanol–water partition coefficient (Wildman–Crippen LogP) is 4.23. The number of hydrogen-bond acceptors (Lipinski definition) is 3. The number of benzene rings is 1. The van der Waals surface area contributed by atoms with Crippen LogP contribution in [-0.4, -0.2) is 18.1 Å². The zero-order chi connectivity index (χ0) is 13.1. The maximum atomic E-state index is 6.16. The Bertz CT molecular complexity index is 553. The Morgan fingerprint density at radius 3 is 2.81 bits per heavy atom. The fourth-order valence-corrected chi connectivity index (χ4v) is 2.69. The first kappa shape index (κ1) is 18.3. The van der Waals surface area contributed by atoms with Gasteiger partial charge in [0.05, 0.1) is 6.20 Å². The lowest BCUT2D eigenvalue weighted by Crippen LogP contribution is -2.28. The van der Waals surface area contributed by atoms with Gasteiger partial charge in [0.15, 0.2) is 5.89 Å². The van der Waals surface area contributed by atoms with Crippen LogP contribution < -0.4 is 5.32 Å². The van der Waals surface area contributed by atoms with E-state index in [2.05, 4.69) is 10.3 Å². The van der Waals surface area contributed by atoms with Gasteiger partial charge < -0.3 is 9.73 Å². The summed E-state index contributed by atoms with van der Waals surface area (Å²) in [6.45, 7) is 2.07. The van der Waals surface area contributed by atoms with E-state index in [1.54, 1.807) is 0 Å². The maximum absolute atomic E-state index is 6.16. The number of piperidine rings is 1. The number of aromatic nitrogens is 1. The summed E-state index contributed by atoms with van der Waals surface area (Å²) in [7, 11) is 0. The van der Waals surface area contributed by atoms with Gasteiger partial charge in [0.1, 0.15) is 5.76 Å². The summed E-state index contributed by atoms with van der Waals surface area (Å²) in [4.78, 5) is 4.42. The molecule has 3 rings (SSSR count). The van der Waals surface area contributed by atoms with Gasteiger partial charge in [-0.05, 0) is 31.0 Å². The second-order valence-corrected chi connectivity index (χ2v) is 5.38. The monoisotopic (exact) mass is 348 g/mol. The second kappa shape index (κ2) is 8.64. The van der Waals surface area contributed by atoms with Crippen molar-refractivity contribution in [2.75, 3.05) is 13.1 Å². The lowest BCUT2D eigenvalue weighted by atomic mass is 10.00. The minimum Gasteiger partial charge on any atom is -0.445 e. The lowest BCUT2D eigenvalue weighted by Gasteiger charge is -2.19. The maximum Gasteiger partial charge on any atom is 0.198 e. The highest BCUT2D eigenvalue weighted by Crippen LogP contribution is 2.25. The van der Waals surface area contributed by atoms with E-state index in [9.17, 15) is 0 Å². The number of halogens is 3. The van der Waals surface area contributed by atoms with Gasteiger partial charge in [-0.1, -0.05) is 29.8 Å². The van der Waals surface area contributed by atoms with Crippen molar-refractivity contribution in [1.82, 2.24) is 10.3 Å². The molecule has 116 valence electrons. The fourth-order valence-electron chi connectivity index (χ4n) is 2.49. The first-order valence-corrected chi connectivity index (χ1v) is 7.09. The summed E-state index contributed by atoms with van der Waals surface area (Å²) in [5.74, 6) is 2.15. The summed E-state index contributed by atoms with van der Waals surface area (Å²) in [5.41, 5.74) is 1.08. The van der Waals surface area contributed by atoms with Crippen LogP contribution in [0.5, 0.6) is 0 Å². The molecule has 0 radical (unpaired) electrons. The standard InChI is InChI=1S/C15H17ClN2O.2ClH/c16-14-6-2-1-4-11(14)8-13-10-18-15(19-13)12-5-3-7-17-9-12;;/h1-2,4,6,10,12,17H,3,5,7-9H2;2*1H. The van der Waals surface area contributed by atoms with E-state index in [0.29, 0.717) is 12.3 Å². The molecule has 1 unspecified atom stereocenters. The van der Waals surface area contributed by atoms with Gasteiger partial charge in [-0.2, -0.15) is 0 Å². The molecule has 2 aromatic rings. The number of nitrogens with zero attached hydrogens (tertiary/aromatic N) is 1. The van der Waals surface area contributed by atoms with Crippen molar-refractivity contribution in [3.63, 3.8) is 0 Å². The highest BCUT2D eigenvalue weighted by atomic mass is 35.5. The van der Waals surface area contributed by atoms with Gasteiger partial charge in [0.2, 0.25) is 0 Å². The molecule has 1 aromatic carbocycles. The van der Waals surface area contributed by atoms with Crippen LogP contribution in [0.25, 0.3) is 0 Å². The predicted molar refractivity (Wildman–Crippen MR) is 90.1 cm³/mol. The topological polar surface area (TPSA) is 38.1 Å². The smallest absolute Gasteiger partial charge is 0.198 e. The SMILES string of the molecule is Cl.Cl.Clc1ccccc1Cc1cnc(C2CCCNC2)o1. The molecule has 1 aromatic heterocycles. The number of hydrogen-bond donors (Lipinski definition) is 1. The number of rotatable bonds is 3. The van der Waals surface area contributed by atoms with Crippen LogP contribution >= 0.6 is 36.4 Å². The molecule has 21 heavy (non-hydrogen) atoms. The molecule has 2 heterocycles. The molecule has 1 atom stereocenters. The van der Waals surface area contributed by atoms with Gasteiger partial charge in [0, 0.05) is 23.9 Å². The van der Waals surface area contributed by atoms with Crippen LogP contribution in [0.15, 0.2) is 34.9 Å². The molecular weight excluding hydrogens is 331 g/mol. The minimum absolute atomic E-state index is 0. The molecule has 0 spiro atoms. The average molecular weight is 350 g/mol. The number of oxazole rings is 1. The molecule has 0 aliphatic carbocycles. The third-order valence-corrected chi connectivity index (χ3v) is 3.91. The molecule has 0 amide bonds. The van der Waals surface area contributed by atoms with Gasteiger partial charge in [-0.25, -0.2) is 4.98 Å². The summed E-state index contributed by atoms with van der Waals surface area (Å²) in [6.07, 6.45) is 4.87. The van der Waals surface area contributed by atoms with E-state index in [0.717, 1.165) is 41.7 Å². The Labute approximate surface area is 142 Å². The summed E-state index contributed by atoms with van der Waals surface area (Å²) < 4.78 is 5.87. The molecule has 1 aliphatic rings. The van der Waals surface area contributed by atoms with E-state index >= 15 is 0 Å². The molecule has 1 aliphatic heterocycles. The molecule has 1 N–H and O–H groups in total. The van der Waals surface area contributed by atoms with Crippen LogP contribution in [0, 0.1) is 0 Å². The van der Waals surface area contributed by atoms with Crippen LogP contribution in [0.3, 0.4) is 0 Å². The van der Waals surface area contributed by atoms with Crippen molar-refractivity contribution in [2.24, 2.45) is 0 Å². The Morgan fingerprint density at radius 1 is 1.29 bits per heavy atom. The molecule has 1 fully saturated rings. The van der Waals surface area contributed by atoms with E-state index in [1.165, 1.54) is 6.42 Å². The first-order chi connectivity index (χ1) is 9.33. The molecule has 0 bridgehead atoms. The fraction of sp³-hybridized carbons (Fsp3) is 0.400. The molecule has 1 saturated heterocycles. The van der Waals surface area contributed by atoms with E-state index in [-0.39, 0.29) is 24.8 Å². The molecule has 6 heteroatoms. The lowest BCUT2D eigenvalue weighted by molar-refractivity contribution is 0.365. The van der Waals surface area contributed by atoms with Gasteiger partial charge >= 0.3 is 0 Å². The van der Waals surface area contributed by atoms with Crippen molar-refractivity contribution in [1.29, 1.82) is 0 Å². The highest BCUT2D eigenvalue weighted by Gasteiger charge is 2.20. The second-order valence-electron chi connectivity index (χ2n) is 4.98. The third kappa shape index (κ3) is 4.62. The highest BCUT2D eigenvalue weighted by molar-refractivity contribution is 6.31.